The van der Waals surface area contributed by atoms with Crippen molar-refractivity contribution in [2.24, 2.45) is 0 Å². The van der Waals surface area contributed by atoms with Crippen LogP contribution in [0.2, 0.25) is 0 Å². The number of benzene rings is 2. The lowest BCUT2D eigenvalue weighted by atomic mass is 10.1. The van der Waals surface area contributed by atoms with Crippen LogP contribution < -0.4 is 9.64 Å². The fourth-order valence-corrected chi connectivity index (χ4v) is 4.06. The van der Waals surface area contributed by atoms with Crippen LogP contribution in [0.4, 0.5) is 10.1 Å². The molecule has 0 bridgehead atoms. The SMILES string of the molecule is CCOC(=O)CC1Oc2ccccc2N(Cc2nc3cccc(F)c3s2)C1=O. The Balaban J connectivity index is 1.66. The van der Waals surface area contributed by atoms with Crippen LogP contribution in [-0.4, -0.2) is 29.6 Å². The molecule has 0 saturated carbocycles. The van der Waals surface area contributed by atoms with Crippen LogP contribution in [0.15, 0.2) is 42.5 Å². The van der Waals surface area contributed by atoms with Gasteiger partial charge >= 0.3 is 5.97 Å². The van der Waals surface area contributed by atoms with Gasteiger partial charge in [0.1, 0.15) is 16.6 Å². The molecule has 0 saturated heterocycles. The molecule has 1 unspecified atom stereocenters. The van der Waals surface area contributed by atoms with E-state index in [1.165, 1.54) is 22.3 Å². The standard InChI is InChI=1S/C20H17FN2O4S/c1-2-26-18(24)10-16-20(25)23(14-8-3-4-9-15(14)27-16)11-17-22-13-7-5-6-12(21)19(13)28-17/h3-9,16H,2,10-11H2,1H3. The first-order valence-electron chi connectivity index (χ1n) is 8.83. The molecule has 0 fully saturated rings. The van der Waals surface area contributed by atoms with Gasteiger partial charge in [-0.3, -0.25) is 14.5 Å². The van der Waals surface area contributed by atoms with Crippen molar-refractivity contribution in [3.63, 3.8) is 0 Å². The molecular formula is C20H17FN2O4S. The van der Waals surface area contributed by atoms with Gasteiger partial charge in [0, 0.05) is 0 Å². The number of aromatic nitrogens is 1. The summed E-state index contributed by atoms with van der Waals surface area (Å²) in [5, 5.41) is 0.597. The Morgan fingerprint density at radius 2 is 2.11 bits per heavy atom. The van der Waals surface area contributed by atoms with Crippen LogP contribution in [0.1, 0.15) is 18.4 Å². The predicted molar refractivity (Wildman–Crippen MR) is 103 cm³/mol. The number of carbonyl (C=O) groups is 2. The van der Waals surface area contributed by atoms with Gasteiger partial charge in [-0.25, -0.2) is 9.37 Å². The molecule has 28 heavy (non-hydrogen) atoms. The summed E-state index contributed by atoms with van der Waals surface area (Å²) >= 11 is 1.21. The first-order chi connectivity index (χ1) is 13.6. The lowest BCUT2D eigenvalue weighted by Crippen LogP contribution is -2.46. The van der Waals surface area contributed by atoms with E-state index in [4.69, 9.17) is 9.47 Å². The molecule has 1 aliphatic rings. The highest BCUT2D eigenvalue weighted by Crippen LogP contribution is 2.36. The monoisotopic (exact) mass is 400 g/mol. The third kappa shape index (κ3) is 3.43. The summed E-state index contributed by atoms with van der Waals surface area (Å²) in [4.78, 5) is 30.8. The molecule has 6 nitrogen and oxygen atoms in total. The average Bonchev–Trinajstić information content (AvgIpc) is 3.09. The van der Waals surface area contributed by atoms with Crippen molar-refractivity contribution in [1.82, 2.24) is 4.98 Å². The number of amides is 1. The van der Waals surface area contributed by atoms with Crippen molar-refractivity contribution in [3.05, 3.63) is 53.3 Å². The van der Waals surface area contributed by atoms with E-state index in [-0.39, 0.29) is 31.3 Å². The van der Waals surface area contributed by atoms with Crippen LogP contribution in [0.25, 0.3) is 10.2 Å². The Hall–Kier alpha value is -3.00. The van der Waals surface area contributed by atoms with Crippen LogP contribution in [0, 0.1) is 5.82 Å². The zero-order valence-corrected chi connectivity index (χ0v) is 15.9. The fourth-order valence-electron chi connectivity index (χ4n) is 3.10. The number of hydrogen-bond acceptors (Lipinski definition) is 6. The topological polar surface area (TPSA) is 68.7 Å². The minimum Gasteiger partial charge on any atom is -0.478 e. The number of carbonyl (C=O) groups excluding carboxylic acids is 2. The van der Waals surface area contributed by atoms with Gasteiger partial charge in [0.25, 0.3) is 5.91 Å². The van der Waals surface area contributed by atoms with Gasteiger partial charge in [-0.2, -0.15) is 0 Å². The maximum absolute atomic E-state index is 14.0. The van der Waals surface area contributed by atoms with Crippen LogP contribution in [0.3, 0.4) is 0 Å². The Kier molecular flexibility index (Phi) is 4.95. The number of esters is 1. The van der Waals surface area contributed by atoms with Crippen molar-refractivity contribution < 1.29 is 23.5 Å². The number of thiazole rings is 1. The number of anilines is 1. The molecule has 1 aromatic heterocycles. The Morgan fingerprint density at radius 1 is 1.29 bits per heavy atom. The van der Waals surface area contributed by atoms with Gasteiger partial charge in [-0.05, 0) is 31.2 Å². The third-order valence-electron chi connectivity index (χ3n) is 4.33. The van der Waals surface area contributed by atoms with E-state index in [1.54, 1.807) is 43.3 Å². The second-order valence-corrected chi connectivity index (χ2v) is 7.29. The van der Waals surface area contributed by atoms with Crippen LogP contribution in [0.5, 0.6) is 5.75 Å². The van der Waals surface area contributed by atoms with Crippen molar-refractivity contribution >= 4 is 39.1 Å². The zero-order valence-electron chi connectivity index (χ0n) is 15.1. The lowest BCUT2D eigenvalue weighted by Gasteiger charge is -2.33. The summed E-state index contributed by atoms with van der Waals surface area (Å²) < 4.78 is 25.1. The van der Waals surface area contributed by atoms with Gasteiger partial charge in [0.2, 0.25) is 0 Å². The van der Waals surface area contributed by atoms with E-state index in [9.17, 15) is 14.0 Å². The zero-order chi connectivity index (χ0) is 19.7. The third-order valence-corrected chi connectivity index (χ3v) is 5.39. The highest BCUT2D eigenvalue weighted by atomic mass is 32.1. The van der Waals surface area contributed by atoms with Crippen molar-refractivity contribution in [3.8, 4) is 5.75 Å². The molecule has 0 aliphatic carbocycles. The van der Waals surface area contributed by atoms with Crippen molar-refractivity contribution in [1.29, 1.82) is 0 Å². The van der Waals surface area contributed by atoms with Gasteiger partial charge in [-0.1, -0.05) is 18.2 Å². The molecule has 8 heteroatoms. The van der Waals surface area contributed by atoms with Crippen molar-refractivity contribution in [2.75, 3.05) is 11.5 Å². The van der Waals surface area contributed by atoms with E-state index in [1.807, 2.05) is 0 Å². The Labute approximate surface area is 164 Å². The molecule has 1 atom stereocenters. The summed E-state index contributed by atoms with van der Waals surface area (Å²) in [6.45, 7) is 2.10. The lowest BCUT2D eigenvalue weighted by molar-refractivity contribution is -0.147. The molecule has 3 aromatic rings. The molecular weight excluding hydrogens is 383 g/mol. The van der Waals surface area contributed by atoms with Gasteiger partial charge < -0.3 is 9.47 Å². The molecule has 0 N–H and O–H groups in total. The van der Waals surface area contributed by atoms with E-state index < -0.39 is 12.1 Å². The largest absolute Gasteiger partial charge is 0.478 e. The normalized spacial score (nSPS) is 16.0. The minimum atomic E-state index is -0.972. The summed E-state index contributed by atoms with van der Waals surface area (Å²) in [7, 11) is 0. The minimum absolute atomic E-state index is 0.164. The Bertz CT molecular complexity index is 1050. The maximum Gasteiger partial charge on any atom is 0.310 e. The molecule has 2 heterocycles. The molecule has 0 radical (unpaired) electrons. The number of para-hydroxylation sites is 2. The van der Waals surface area contributed by atoms with Gasteiger partial charge in [-0.15, -0.1) is 11.3 Å². The van der Waals surface area contributed by atoms with Gasteiger partial charge in [0.15, 0.2) is 6.10 Å². The maximum atomic E-state index is 14.0. The first kappa shape index (κ1) is 18.4. The molecule has 4 rings (SSSR count). The highest BCUT2D eigenvalue weighted by Gasteiger charge is 2.36. The summed E-state index contributed by atoms with van der Waals surface area (Å²) in [5.41, 5.74) is 1.14. The smallest absolute Gasteiger partial charge is 0.310 e. The number of nitrogens with zero attached hydrogens (tertiary/aromatic N) is 2. The van der Waals surface area contributed by atoms with Crippen molar-refractivity contribution in [2.45, 2.75) is 26.0 Å². The quantitative estimate of drug-likeness (QED) is 0.611. The fraction of sp³-hybridized carbons (Fsp3) is 0.250. The second-order valence-electron chi connectivity index (χ2n) is 6.20. The molecule has 144 valence electrons. The summed E-state index contributed by atoms with van der Waals surface area (Å²) in [6, 6.07) is 11.8. The molecule has 1 aliphatic heterocycles. The summed E-state index contributed by atoms with van der Waals surface area (Å²) in [5.74, 6) is -0.687. The molecule has 0 spiro atoms. The first-order valence-corrected chi connectivity index (χ1v) is 9.65. The van der Waals surface area contributed by atoms with Gasteiger partial charge in [0.05, 0.1) is 35.5 Å². The number of rotatable bonds is 5. The average molecular weight is 400 g/mol. The van der Waals surface area contributed by atoms with E-state index in [0.717, 1.165) is 0 Å². The molecule has 2 aromatic carbocycles. The number of ether oxygens (including phenoxy) is 2. The van der Waals surface area contributed by atoms with E-state index in [0.29, 0.717) is 26.7 Å². The van der Waals surface area contributed by atoms with E-state index >= 15 is 0 Å². The van der Waals surface area contributed by atoms with E-state index in [2.05, 4.69) is 4.98 Å². The summed E-state index contributed by atoms with van der Waals surface area (Å²) in [6.07, 6.45) is -1.15. The second kappa shape index (κ2) is 7.55. The molecule has 1 amide bonds. The Morgan fingerprint density at radius 3 is 2.89 bits per heavy atom. The van der Waals surface area contributed by atoms with Crippen LogP contribution >= 0.6 is 11.3 Å². The number of fused-ring (bicyclic) bond motifs is 2. The predicted octanol–water partition coefficient (Wildman–Crippen LogP) is 3.68. The number of hydrogen-bond donors (Lipinski definition) is 0. The van der Waals surface area contributed by atoms with Crippen LogP contribution in [-0.2, 0) is 20.9 Å². The highest BCUT2D eigenvalue weighted by molar-refractivity contribution is 7.18. The number of halogens is 1.